The van der Waals surface area contributed by atoms with Crippen molar-refractivity contribution in [1.82, 2.24) is 4.98 Å². The van der Waals surface area contributed by atoms with Gasteiger partial charge in [-0.25, -0.2) is 14.8 Å². The molecule has 0 fully saturated rings. The Morgan fingerprint density at radius 2 is 1.85 bits per heavy atom. The van der Waals surface area contributed by atoms with Gasteiger partial charge in [-0.3, -0.25) is 14.5 Å². The number of carbonyl (C=O) groups is 3. The van der Waals surface area contributed by atoms with E-state index in [1.165, 1.54) is 12.0 Å². The highest BCUT2D eigenvalue weighted by molar-refractivity contribution is 6.18. The number of ether oxygens (including phenoxy) is 2. The number of benzene rings is 2. The second-order valence-corrected chi connectivity index (χ2v) is 7.41. The van der Waals surface area contributed by atoms with Gasteiger partial charge in [0.25, 0.3) is 0 Å². The summed E-state index contributed by atoms with van der Waals surface area (Å²) in [5.74, 6) is -0.238. The average Bonchev–Trinajstić information content (AvgIpc) is 3.00. The molecule has 2 amide bonds. The summed E-state index contributed by atoms with van der Waals surface area (Å²) in [7, 11) is 2.87. The van der Waals surface area contributed by atoms with Gasteiger partial charge in [0.1, 0.15) is 18.0 Å². The van der Waals surface area contributed by atoms with Crippen molar-refractivity contribution in [1.29, 1.82) is 0 Å². The van der Waals surface area contributed by atoms with E-state index in [1.54, 1.807) is 49.7 Å². The van der Waals surface area contributed by atoms with E-state index in [0.717, 1.165) is 5.56 Å². The van der Waals surface area contributed by atoms with Gasteiger partial charge in [-0.1, -0.05) is 12.1 Å². The monoisotopic (exact) mass is 458 g/mol. The summed E-state index contributed by atoms with van der Waals surface area (Å²) in [6.45, 7) is -0.248. The molecule has 1 N–H and O–H groups in total. The molecule has 1 aliphatic rings. The molecule has 0 aliphatic carbocycles. The van der Waals surface area contributed by atoms with Gasteiger partial charge in [-0.2, -0.15) is 0 Å². The fourth-order valence-corrected chi connectivity index (χ4v) is 3.51. The quantitative estimate of drug-likeness (QED) is 0.567. The van der Waals surface area contributed by atoms with Crippen LogP contribution in [0.25, 0.3) is 0 Å². The standard InChI is InChI=1S/C25H22N4O5/c1-33-19-6-3-5-17(13-19)21-14-23(31)29(24-20(28-21)7-4-12-26-24)15-22(30)27-18-10-8-16(9-11-18)25(32)34-2/h3-13H,14-15H2,1-2H3,(H,27,30). The van der Waals surface area contributed by atoms with Crippen LogP contribution in [0, 0.1) is 0 Å². The first-order valence-electron chi connectivity index (χ1n) is 10.4. The Balaban J connectivity index is 1.55. The summed E-state index contributed by atoms with van der Waals surface area (Å²) in [4.78, 5) is 47.9. The Hall–Kier alpha value is -4.53. The Kier molecular flexibility index (Phi) is 6.63. The third-order valence-corrected chi connectivity index (χ3v) is 5.19. The minimum absolute atomic E-state index is 0.00929. The molecule has 1 aromatic heterocycles. The van der Waals surface area contributed by atoms with Gasteiger partial charge in [0.15, 0.2) is 5.82 Å². The number of esters is 1. The van der Waals surface area contributed by atoms with Crippen LogP contribution in [0.2, 0.25) is 0 Å². The Morgan fingerprint density at radius 1 is 1.06 bits per heavy atom. The minimum Gasteiger partial charge on any atom is -0.497 e. The van der Waals surface area contributed by atoms with Crippen LogP contribution in [-0.2, 0) is 14.3 Å². The number of pyridine rings is 1. The molecular weight excluding hydrogens is 436 g/mol. The van der Waals surface area contributed by atoms with Crippen LogP contribution < -0.4 is 15.0 Å². The lowest BCUT2D eigenvalue weighted by Crippen LogP contribution is -2.39. The van der Waals surface area contributed by atoms with Crippen LogP contribution in [0.15, 0.2) is 71.9 Å². The Morgan fingerprint density at radius 3 is 2.59 bits per heavy atom. The molecule has 4 rings (SSSR count). The SMILES string of the molecule is COC(=O)c1ccc(NC(=O)CN2C(=O)CC(c3cccc(OC)c3)=Nc3cccnc32)cc1. The van der Waals surface area contributed by atoms with Crippen molar-refractivity contribution in [2.24, 2.45) is 4.99 Å². The molecular formula is C25H22N4O5. The number of nitrogens with one attached hydrogen (secondary N) is 1. The predicted molar refractivity (Wildman–Crippen MR) is 127 cm³/mol. The van der Waals surface area contributed by atoms with Crippen LogP contribution in [0.1, 0.15) is 22.3 Å². The van der Waals surface area contributed by atoms with Gasteiger partial charge in [-0.05, 0) is 48.5 Å². The number of methoxy groups -OCH3 is 2. The third-order valence-electron chi connectivity index (χ3n) is 5.19. The van der Waals surface area contributed by atoms with Crippen molar-refractivity contribution in [3.8, 4) is 5.75 Å². The molecule has 3 aromatic rings. The zero-order valence-corrected chi connectivity index (χ0v) is 18.6. The summed E-state index contributed by atoms with van der Waals surface area (Å²) < 4.78 is 9.96. The highest BCUT2D eigenvalue weighted by Gasteiger charge is 2.28. The molecule has 0 radical (unpaired) electrons. The largest absolute Gasteiger partial charge is 0.497 e. The lowest BCUT2D eigenvalue weighted by atomic mass is 10.1. The van der Waals surface area contributed by atoms with Gasteiger partial charge in [-0.15, -0.1) is 0 Å². The number of hydrogen-bond donors (Lipinski definition) is 1. The summed E-state index contributed by atoms with van der Waals surface area (Å²) in [5, 5.41) is 2.74. The maximum Gasteiger partial charge on any atom is 0.337 e. The molecule has 0 saturated carbocycles. The van der Waals surface area contributed by atoms with E-state index in [0.29, 0.717) is 34.2 Å². The number of rotatable bonds is 6. The molecule has 0 unspecified atom stereocenters. The lowest BCUT2D eigenvalue weighted by molar-refractivity contribution is -0.120. The van der Waals surface area contributed by atoms with E-state index >= 15 is 0 Å². The molecule has 2 heterocycles. The third kappa shape index (κ3) is 4.93. The molecule has 0 bridgehead atoms. The van der Waals surface area contributed by atoms with E-state index < -0.39 is 11.9 Å². The van der Waals surface area contributed by atoms with Crippen LogP contribution in [-0.4, -0.2) is 49.2 Å². The van der Waals surface area contributed by atoms with Crippen molar-refractivity contribution in [2.75, 3.05) is 31.0 Å². The smallest absolute Gasteiger partial charge is 0.337 e. The Labute approximate surface area is 196 Å². The van der Waals surface area contributed by atoms with Gasteiger partial charge < -0.3 is 14.8 Å². The van der Waals surface area contributed by atoms with Crippen LogP contribution in [0.3, 0.4) is 0 Å². The molecule has 0 atom stereocenters. The number of carbonyl (C=O) groups excluding carboxylic acids is 3. The van der Waals surface area contributed by atoms with Crippen molar-refractivity contribution >= 4 is 40.7 Å². The summed E-state index contributed by atoms with van der Waals surface area (Å²) >= 11 is 0. The van der Waals surface area contributed by atoms with Crippen molar-refractivity contribution < 1.29 is 23.9 Å². The summed E-state index contributed by atoms with van der Waals surface area (Å²) in [6.07, 6.45) is 1.54. The van der Waals surface area contributed by atoms with E-state index in [2.05, 4.69) is 20.0 Å². The zero-order chi connectivity index (χ0) is 24.1. The molecule has 1 aliphatic heterocycles. The predicted octanol–water partition coefficient (Wildman–Crippen LogP) is 3.37. The van der Waals surface area contributed by atoms with E-state index in [9.17, 15) is 14.4 Å². The van der Waals surface area contributed by atoms with Crippen LogP contribution in [0.5, 0.6) is 5.75 Å². The minimum atomic E-state index is -0.470. The lowest BCUT2D eigenvalue weighted by Gasteiger charge is -2.20. The maximum atomic E-state index is 13.2. The zero-order valence-electron chi connectivity index (χ0n) is 18.6. The first kappa shape index (κ1) is 22.7. The van der Waals surface area contributed by atoms with Crippen LogP contribution >= 0.6 is 0 Å². The molecule has 9 heteroatoms. The fraction of sp³-hybridized carbons (Fsp3) is 0.160. The summed E-state index contributed by atoms with van der Waals surface area (Å²) in [5.41, 5.74) is 2.64. The number of fused-ring (bicyclic) bond motifs is 1. The van der Waals surface area contributed by atoms with Gasteiger partial charge in [0.05, 0.1) is 31.9 Å². The fourth-order valence-electron chi connectivity index (χ4n) is 3.51. The Bertz CT molecular complexity index is 1270. The van der Waals surface area contributed by atoms with Gasteiger partial charge in [0, 0.05) is 17.4 Å². The van der Waals surface area contributed by atoms with E-state index in [-0.39, 0.29) is 18.9 Å². The van der Waals surface area contributed by atoms with E-state index in [1.807, 2.05) is 24.3 Å². The first-order chi connectivity index (χ1) is 16.5. The number of amides is 2. The molecule has 0 saturated heterocycles. The maximum absolute atomic E-state index is 13.2. The van der Waals surface area contributed by atoms with Gasteiger partial charge >= 0.3 is 5.97 Å². The average molecular weight is 458 g/mol. The van der Waals surface area contributed by atoms with E-state index in [4.69, 9.17) is 4.74 Å². The number of hydrogen-bond acceptors (Lipinski definition) is 7. The summed E-state index contributed by atoms with van der Waals surface area (Å²) in [6, 6.07) is 17.0. The molecule has 9 nitrogen and oxygen atoms in total. The molecule has 0 spiro atoms. The van der Waals surface area contributed by atoms with Crippen molar-refractivity contribution in [2.45, 2.75) is 6.42 Å². The van der Waals surface area contributed by atoms with Crippen molar-refractivity contribution in [3.63, 3.8) is 0 Å². The second kappa shape index (κ2) is 9.95. The molecule has 34 heavy (non-hydrogen) atoms. The molecule has 172 valence electrons. The number of nitrogens with zero attached hydrogens (tertiary/aromatic N) is 3. The number of aromatic nitrogens is 1. The van der Waals surface area contributed by atoms with Crippen molar-refractivity contribution in [3.05, 3.63) is 78.0 Å². The second-order valence-electron chi connectivity index (χ2n) is 7.41. The highest BCUT2D eigenvalue weighted by Crippen LogP contribution is 2.31. The number of aliphatic imine (C=N–C) groups is 1. The number of anilines is 2. The first-order valence-corrected chi connectivity index (χ1v) is 10.4. The van der Waals surface area contributed by atoms with Gasteiger partial charge in [0.2, 0.25) is 11.8 Å². The molecule has 2 aromatic carbocycles. The normalized spacial score (nSPS) is 12.8. The van der Waals surface area contributed by atoms with Crippen LogP contribution in [0.4, 0.5) is 17.2 Å². The topological polar surface area (TPSA) is 110 Å². The highest BCUT2D eigenvalue weighted by atomic mass is 16.5.